The molecular formula is C24H30N4O3S. The van der Waals surface area contributed by atoms with E-state index in [2.05, 4.69) is 29.4 Å². The molecule has 8 heteroatoms. The maximum atomic E-state index is 12.7. The summed E-state index contributed by atoms with van der Waals surface area (Å²) in [5.74, 6) is 2.31. The number of hydrogen-bond donors (Lipinski definition) is 1. The topological polar surface area (TPSA) is 78.3 Å². The van der Waals surface area contributed by atoms with Crippen LogP contribution in [-0.2, 0) is 11.3 Å². The first-order chi connectivity index (χ1) is 15.4. The molecule has 0 fully saturated rings. The van der Waals surface area contributed by atoms with Crippen LogP contribution in [0.4, 0.5) is 5.69 Å². The van der Waals surface area contributed by atoms with E-state index in [9.17, 15) is 4.79 Å². The molecule has 2 atom stereocenters. The van der Waals surface area contributed by atoms with Crippen molar-refractivity contribution in [3.05, 3.63) is 60.4 Å². The summed E-state index contributed by atoms with van der Waals surface area (Å²) in [6, 6.07) is 16.9. The maximum Gasteiger partial charge on any atom is 0.237 e. The molecule has 0 saturated carbocycles. The Hall–Kier alpha value is -3.00. The second kappa shape index (κ2) is 11.0. The van der Waals surface area contributed by atoms with Crippen molar-refractivity contribution in [2.24, 2.45) is 5.92 Å². The predicted octanol–water partition coefficient (Wildman–Crippen LogP) is 5.20. The van der Waals surface area contributed by atoms with Crippen LogP contribution in [0.15, 0.2) is 59.8 Å². The predicted molar refractivity (Wildman–Crippen MR) is 127 cm³/mol. The number of anilines is 1. The summed E-state index contributed by atoms with van der Waals surface area (Å²) >= 11 is 1.39. The van der Waals surface area contributed by atoms with Crippen LogP contribution in [0.3, 0.4) is 0 Å². The van der Waals surface area contributed by atoms with Crippen LogP contribution in [0.5, 0.6) is 11.5 Å². The molecule has 0 bridgehead atoms. The van der Waals surface area contributed by atoms with E-state index in [1.165, 1.54) is 11.8 Å². The fourth-order valence-corrected chi connectivity index (χ4v) is 4.03. The Labute approximate surface area is 193 Å². The fraction of sp³-hybridized carbons (Fsp3) is 0.375. The highest BCUT2D eigenvalue weighted by atomic mass is 32.2. The Morgan fingerprint density at radius 3 is 2.31 bits per heavy atom. The van der Waals surface area contributed by atoms with Gasteiger partial charge in [-0.2, -0.15) is 0 Å². The number of hydrogen-bond acceptors (Lipinski definition) is 6. The molecular weight excluding hydrogens is 424 g/mol. The summed E-state index contributed by atoms with van der Waals surface area (Å²) in [6.45, 7) is 8.79. The third-order valence-corrected chi connectivity index (χ3v) is 5.80. The molecule has 0 aliphatic carbocycles. The van der Waals surface area contributed by atoms with Crippen LogP contribution >= 0.6 is 11.8 Å². The number of methoxy groups -OCH3 is 1. The zero-order chi connectivity index (χ0) is 23.1. The SMILES string of the molecule is COc1ccccc1OC(C)c1nnc(SC(C)C(=O)Nc2ccccc2)n1CC(C)C. The van der Waals surface area contributed by atoms with Gasteiger partial charge in [0.25, 0.3) is 0 Å². The van der Waals surface area contributed by atoms with Crippen LogP contribution < -0.4 is 14.8 Å². The molecule has 3 aromatic rings. The lowest BCUT2D eigenvalue weighted by Crippen LogP contribution is -2.23. The molecule has 1 amide bonds. The summed E-state index contributed by atoms with van der Waals surface area (Å²) in [6.07, 6.45) is -0.347. The van der Waals surface area contributed by atoms with Crippen molar-refractivity contribution in [1.82, 2.24) is 14.8 Å². The highest BCUT2D eigenvalue weighted by Crippen LogP contribution is 2.32. The van der Waals surface area contributed by atoms with Crippen molar-refractivity contribution in [3.8, 4) is 11.5 Å². The molecule has 0 spiro atoms. The summed E-state index contributed by atoms with van der Waals surface area (Å²) < 4.78 is 13.6. The number of para-hydroxylation sites is 3. The number of aromatic nitrogens is 3. The van der Waals surface area contributed by atoms with E-state index >= 15 is 0 Å². The Bertz CT molecular complexity index is 1020. The Morgan fingerprint density at radius 2 is 1.66 bits per heavy atom. The second-order valence-corrected chi connectivity index (χ2v) is 9.18. The number of rotatable bonds is 10. The van der Waals surface area contributed by atoms with Crippen molar-refractivity contribution in [3.63, 3.8) is 0 Å². The van der Waals surface area contributed by atoms with Gasteiger partial charge in [0.2, 0.25) is 5.91 Å². The summed E-state index contributed by atoms with van der Waals surface area (Å²) in [5, 5.41) is 12.1. The maximum absolute atomic E-state index is 12.7. The van der Waals surface area contributed by atoms with Gasteiger partial charge < -0.3 is 19.4 Å². The molecule has 3 rings (SSSR count). The highest BCUT2D eigenvalue weighted by Gasteiger charge is 2.24. The third kappa shape index (κ3) is 6.03. The number of amides is 1. The normalized spacial score (nSPS) is 12.9. The molecule has 7 nitrogen and oxygen atoms in total. The number of nitrogens with zero attached hydrogens (tertiary/aromatic N) is 3. The van der Waals surface area contributed by atoms with Gasteiger partial charge in [0.05, 0.1) is 12.4 Å². The molecule has 170 valence electrons. The molecule has 2 aromatic carbocycles. The van der Waals surface area contributed by atoms with Gasteiger partial charge in [-0.1, -0.05) is 55.9 Å². The number of nitrogens with one attached hydrogen (secondary N) is 1. The van der Waals surface area contributed by atoms with E-state index in [0.717, 1.165) is 12.2 Å². The Balaban J connectivity index is 1.77. The molecule has 0 aliphatic rings. The summed E-state index contributed by atoms with van der Waals surface area (Å²) in [5.41, 5.74) is 0.771. The first kappa shape index (κ1) is 23.7. The van der Waals surface area contributed by atoms with Gasteiger partial charge in [0.1, 0.15) is 0 Å². The standard InChI is InChI=1S/C24H30N4O3S/c1-16(2)15-28-22(17(3)31-21-14-10-9-13-20(21)30-5)26-27-24(28)32-18(4)23(29)25-19-11-7-6-8-12-19/h6-14,16-18H,15H2,1-5H3,(H,25,29). The third-order valence-electron chi connectivity index (χ3n) is 4.72. The van der Waals surface area contributed by atoms with Crippen LogP contribution in [-0.4, -0.2) is 33.0 Å². The number of benzene rings is 2. The van der Waals surface area contributed by atoms with E-state index in [-0.39, 0.29) is 17.3 Å². The molecule has 1 heterocycles. The second-order valence-electron chi connectivity index (χ2n) is 7.87. The first-order valence-corrected chi connectivity index (χ1v) is 11.5. The molecule has 1 aromatic heterocycles. The van der Waals surface area contributed by atoms with Crippen LogP contribution in [0.1, 0.15) is 39.6 Å². The minimum absolute atomic E-state index is 0.0832. The largest absolute Gasteiger partial charge is 0.493 e. The molecule has 2 unspecified atom stereocenters. The number of ether oxygens (including phenoxy) is 2. The quantitative estimate of drug-likeness (QED) is 0.424. The number of carbonyl (C=O) groups is 1. The molecule has 0 aliphatic heterocycles. The molecule has 32 heavy (non-hydrogen) atoms. The van der Waals surface area contributed by atoms with E-state index in [1.54, 1.807) is 7.11 Å². The minimum atomic E-state index is -0.347. The monoisotopic (exact) mass is 454 g/mol. The molecule has 0 saturated heterocycles. The van der Waals surface area contributed by atoms with Gasteiger partial charge in [-0.25, -0.2) is 0 Å². The lowest BCUT2D eigenvalue weighted by molar-refractivity contribution is -0.115. The van der Waals surface area contributed by atoms with Gasteiger partial charge in [0.15, 0.2) is 28.6 Å². The highest BCUT2D eigenvalue weighted by molar-refractivity contribution is 8.00. The van der Waals surface area contributed by atoms with Crippen molar-refractivity contribution in [2.75, 3.05) is 12.4 Å². The lowest BCUT2D eigenvalue weighted by Gasteiger charge is -2.19. The lowest BCUT2D eigenvalue weighted by atomic mass is 10.2. The van der Waals surface area contributed by atoms with Crippen LogP contribution in [0.25, 0.3) is 0 Å². The summed E-state index contributed by atoms with van der Waals surface area (Å²) in [4.78, 5) is 12.7. The zero-order valence-corrected chi connectivity index (χ0v) is 19.9. The van der Waals surface area contributed by atoms with Crippen LogP contribution in [0.2, 0.25) is 0 Å². The van der Waals surface area contributed by atoms with E-state index < -0.39 is 0 Å². The average molecular weight is 455 g/mol. The van der Waals surface area contributed by atoms with Crippen molar-refractivity contribution in [1.29, 1.82) is 0 Å². The van der Waals surface area contributed by atoms with Gasteiger partial charge in [-0.3, -0.25) is 4.79 Å². The van der Waals surface area contributed by atoms with Crippen LogP contribution in [0, 0.1) is 5.92 Å². The fourth-order valence-electron chi connectivity index (χ4n) is 3.16. The van der Waals surface area contributed by atoms with Crippen molar-refractivity contribution < 1.29 is 14.3 Å². The van der Waals surface area contributed by atoms with E-state index in [4.69, 9.17) is 9.47 Å². The van der Waals surface area contributed by atoms with Crippen molar-refractivity contribution in [2.45, 2.75) is 50.8 Å². The van der Waals surface area contributed by atoms with Crippen molar-refractivity contribution >= 4 is 23.4 Å². The van der Waals surface area contributed by atoms with E-state index in [1.807, 2.05) is 73.0 Å². The minimum Gasteiger partial charge on any atom is -0.493 e. The molecule has 1 N–H and O–H groups in total. The Morgan fingerprint density at radius 1 is 1.00 bits per heavy atom. The average Bonchev–Trinajstić information content (AvgIpc) is 3.16. The first-order valence-electron chi connectivity index (χ1n) is 10.6. The molecule has 0 radical (unpaired) electrons. The van der Waals surface area contributed by atoms with Gasteiger partial charge >= 0.3 is 0 Å². The number of carbonyl (C=O) groups excluding carboxylic acids is 1. The smallest absolute Gasteiger partial charge is 0.237 e. The zero-order valence-electron chi connectivity index (χ0n) is 19.1. The Kier molecular flexibility index (Phi) is 8.16. The van der Waals surface area contributed by atoms with Gasteiger partial charge in [0, 0.05) is 12.2 Å². The van der Waals surface area contributed by atoms with Gasteiger partial charge in [-0.15, -0.1) is 10.2 Å². The van der Waals surface area contributed by atoms with Gasteiger partial charge in [-0.05, 0) is 44.0 Å². The number of thioether (sulfide) groups is 1. The van der Waals surface area contributed by atoms with E-state index in [0.29, 0.717) is 28.4 Å². The summed E-state index contributed by atoms with van der Waals surface area (Å²) in [7, 11) is 1.62.